The van der Waals surface area contributed by atoms with Crippen LogP contribution in [0.5, 0.6) is 0 Å². The van der Waals surface area contributed by atoms with Gasteiger partial charge in [0, 0.05) is 36.6 Å². The van der Waals surface area contributed by atoms with Crippen LogP contribution >= 0.6 is 0 Å². The molecular formula is C32H28IrN2-2. The molecule has 177 valence electrons. The Kier molecular flexibility index (Phi) is 7.80. The number of nitrogens with zero attached hydrogens (tertiary/aromatic N) is 2. The molecule has 3 heteroatoms. The van der Waals surface area contributed by atoms with E-state index in [1.165, 1.54) is 11.6 Å². The Morgan fingerprint density at radius 1 is 0.657 bits per heavy atom. The Labute approximate surface area is 226 Å². The van der Waals surface area contributed by atoms with E-state index in [1.54, 1.807) is 18.5 Å². The zero-order chi connectivity index (χ0) is 26.3. The Morgan fingerprint density at radius 3 is 2.11 bits per heavy atom. The molecule has 0 unspecified atom stereocenters. The van der Waals surface area contributed by atoms with Crippen LogP contribution in [-0.2, 0) is 25.5 Å². The smallest absolute Gasteiger partial charge is 0.0279 e. The van der Waals surface area contributed by atoms with Crippen molar-refractivity contribution in [3.63, 3.8) is 0 Å². The summed E-state index contributed by atoms with van der Waals surface area (Å²) in [6.45, 7) is 2.21. The topological polar surface area (TPSA) is 25.8 Å². The van der Waals surface area contributed by atoms with E-state index in [1.807, 2.05) is 78.9 Å². The third kappa shape index (κ3) is 6.82. The molecule has 0 bridgehead atoms. The second-order valence-corrected chi connectivity index (χ2v) is 8.40. The number of aryl methyl sites for hydroxylation is 1. The van der Waals surface area contributed by atoms with Gasteiger partial charge in [0.05, 0.1) is 0 Å². The number of hydrogen-bond acceptors (Lipinski definition) is 2. The first-order valence-corrected chi connectivity index (χ1v) is 11.2. The van der Waals surface area contributed by atoms with Gasteiger partial charge in [-0.2, -0.15) is 0 Å². The molecule has 5 aromatic rings. The molecule has 2 aromatic heterocycles. The van der Waals surface area contributed by atoms with Crippen molar-refractivity contribution in [3.8, 4) is 22.5 Å². The van der Waals surface area contributed by atoms with Crippen LogP contribution in [0.2, 0.25) is 0 Å². The molecule has 0 saturated carbocycles. The summed E-state index contributed by atoms with van der Waals surface area (Å²) in [7, 11) is 0. The first-order valence-electron chi connectivity index (χ1n) is 12.7. The van der Waals surface area contributed by atoms with Gasteiger partial charge in [-0.05, 0) is 41.4 Å². The quantitative estimate of drug-likeness (QED) is 0.189. The van der Waals surface area contributed by atoms with Crippen molar-refractivity contribution in [3.05, 3.63) is 144 Å². The summed E-state index contributed by atoms with van der Waals surface area (Å²) < 4.78 is 22.7. The molecule has 0 aliphatic rings. The molecule has 0 N–H and O–H groups in total. The van der Waals surface area contributed by atoms with E-state index in [0.717, 1.165) is 22.4 Å². The molecule has 0 aliphatic heterocycles. The van der Waals surface area contributed by atoms with Gasteiger partial charge in [-0.15, -0.1) is 71.3 Å². The standard InChI is InChI=1S/C21H20N.C11H8N.Ir/c1-16-12-13-22-20(14-16)17-8-7-11-19(15-17)21(2,3)18-9-5-4-6-10-18;1-2-6-10(7-3-1)11-8-4-5-9-12-11;/h4-7,9-15H,1-3H3;1-6,8-9H;/q2*-1;/i1D3;;. The predicted molar refractivity (Wildman–Crippen MR) is 140 cm³/mol. The van der Waals surface area contributed by atoms with Crippen LogP contribution in [-0.4, -0.2) is 9.97 Å². The summed E-state index contributed by atoms with van der Waals surface area (Å²) >= 11 is 0. The summed E-state index contributed by atoms with van der Waals surface area (Å²) in [5.41, 5.74) is 5.90. The summed E-state index contributed by atoms with van der Waals surface area (Å²) in [4.78, 5) is 8.56. The van der Waals surface area contributed by atoms with Crippen molar-refractivity contribution in [1.29, 1.82) is 0 Å². The average molecular weight is 636 g/mol. The van der Waals surface area contributed by atoms with Gasteiger partial charge in [-0.1, -0.05) is 67.9 Å². The van der Waals surface area contributed by atoms with Crippen molar-refractivity contribution < 1.29 is 24.2 Å². The predicted octanol–water partition coefficient (Wildman–Crippen LogP) is 7.73. The maximum Gasteiger partial charge on any atom is 0.0279 e. The van der Waals surface area contributed by atoms with Crippen LogP contribution in [0.4, 0.5) is 0 Å². The molecule has 0 atom stereocenters. The average Bonchev–Trinajstić information content (AvgIpc) is 2.94. The summed E-state index contributed by atoms with van der Waals surface area (Å²) in [5, 5.41) is 0. The minimum absolute atomic E-state index is 0. The SMILES string of the molecule is [2H]C([2H])([2H])c1ccnc(-c2[c-]ccc(C(C)(C)c3ccccc3)c2)c1.[Ir].[c-]1ccccc1-c1ccccn1. The minimum atomic E-state index is -2.14. The number of rotatable bonds is 4. The maximum absolute atomic E-state index is 7.58. The Morgan fingerprint density at radius 2 is 1.40 bits per heavy atom. The number of hydrogen-bond donors (Lipinski definition) is 0. The maximum atomic E-state index is 7.58. The molecule has 2 nitrogen and oxygen atoms in total. The first-order chi connectivity index (χ1) is 17.7. The van der Waals surface area contributed by atoms with Crippen LogP contribution in [0.15, 0.2) is 116 Å². The van der Waals surface area contributed by atoms with Crippen LogP contribution in [0.1, 0.15) is 34.7 Å². The normalized spacial score (nSPS) is 12.1. The molecule has 0 amide bonds. The molecule has 0 spiro atoms. The van der Waals surface area contributed by atoms with Crippen molar-refractivity contribution in [1.82, 2.24) is 9.97 Å². The third-order valence-corrected chi connectivity index (χ3v) is 5.70. The van der Waals surface area contributed by atoms with Gasteiger partial charge in [0.25, 0.3) is 0 Å². The zero-order valence-electron chi connectivity index (χ0n) is 22.7. The largest absolute Gasteiger partial charge is 0.305 e. The van der Waals surface area contributed by atoms with Crippen LogP contribution in [0.3, 0.4) is 0 Å². The van der Waals surface area contributed by atoms with Gasteiger partial charge in [0.1, 0.15) is 0 Å². The van der Waals surface area contributed by atoms with Crippen molar-refractivity contribution in [2.45, 2.75) is 26.1 Å². The molecule has 3 aromatic carbocycles. The van der Waals surface area contributed by atoms with E-state index in [0.29, 0.717) is 11.3 Å². The van der Waals surface area contributed by atoms with Crippen molar-refractivity contribution in [2.75, 3.05) is 0 Å². The fourth-order valence-corrected chi connectivity index (χ4v) is 3.68. The van der Waals surface area contributed by atoms with E-state index in [9.17, 15) is 0 Å². The number of pyridine rings is 2. The van der Waals surface area contributed by atoms with Gasteiger partial charge in [-0.3, -0.25) is 0 Å². The second kappa shape index (κ2) is 12.4. The van der Waals surface area contributed by atoms with Gasteiger partial charge in [0.15, 0.2) is 0 Å². The number of aromatic nitrogens is 2. The van der Waals surface area contributed by atoms with Crippen LogP contribution in [0.25, 0.3) is 22.5 Å². The van der Waals surface area contributed by atoms with Crippen molar-refractivity contribution in [2.24, 2.45) is 0 Å². The number of benzene rings is 3. The van der Waals surface area contributed by atoms with Crippen molar-refractivity contribution >= 4 is 0 Å². The van der Waals surface area contributed by atoms with Gasteiger partial charge >= 0.3 is 0 Å². The van der Waals surface area contributed by atoms with Gasteiger partial charge < -0.3 is 9.97 Å². The fourth-order valence-electron chi connectivity index (χ4n) is 3.68. The minimum Gasteiger partial charge on any atom is -0.305 e. The summed E-state index contributed by atoms with van der Waals surface area (Å²) in [6, 6.07) is 39.4. The van der Waals surface area contributed by atoms with Gasteiger partial charge in [-0.25, -0.2) is 0 Å². The Balaban J connectivity index is 0.000000258. The second-order valence-electron chi connectivity index (χ2n) is 8.40. The summed E-state index contributed by atoms with van der Waals surface area (Å²) in [5.74, 6) is 0. The van der Waals surface area contributed by atoms with E-state index < -0.39 is 6.85 Å². The van der Waals surface area contributed by atoms with Gasteiger partial charge in [0.2, 0.25) is 0 Å². The Hall–Kier alpha value is -3.39. The Bertz CT molecular complexity index is 1380. The zero-order valence-corrected chi connectivity index (χ0v) is 22.1. The van der Waals surface area contributed by atoms with Crippen LogP contribution < -0.4 is 0 Å². The van der Waals surface area contributed by atoms with E-state index in [2.05, 4.69) is 48.1 Å². The molecule has 2 heterocycles. The molecule has 0 fully saturated rings. The molecule has 0 aliphatic carbocycles. The fraction of sp³-hybridized carbons (Fsp3) is 0.125. The molecule has 5 rings (SSSR count). The third-order valence-electron chi connectivity index (χ3n) is 5.70. The van der Waals surface area contributed by atoms with E-state index in [4.69, 9.17) is 4.11 Å². The molecular weight excluding hydrogens is 605 g/mol. The van der Waals surface area contributed by atoms with E-state index >= 15 is 0 Å². The first kappa shape index (κ1) is 22.1. The van der Waals surface area contributed by atoms with Crippen LogP contribution in [0, 0.1) is 19.0 Å². The monoisotopic (exact) mass is 636 g/mol. The molecule has 0 saturated heterocycles. The molecule has 1 radical (unpaired) electrons. The summed E-state index contributed by atoms with van der Waals surface area (Å²) in [6.07, 6.45) is 3.33. The van der Waals surface area contributed by atoms with E-state index in [-0.39, 0.29) is 25.5 Å². The molecule has 35 heavy (non-hydrogen) atoms.